The summed E-state index contributed by atoms with van der Waals surface area (Å²) in [4.78, 5) is 12.4. The molecule has 1 aliphatic heterocycles. The average molecular weight is 230 g/mol. The number of carbonyl (C=O) groups excluding carboxylic acids is 1. The molecule has 1 heterocycles. The predicted molar refractivity (Wildman–Crippen MR) is 55.3 cm³/mol. The van der Waals surface area contributed by atoms with E-state index in [1.807, 2.05) is 12.2 Å². The molecule has 2 atom stereocenters. The maximum absolute atomic E-state index is 11.2. The Hall–Kier alpha value is -1.00. The molecule has 0 saturated carbocycles. The summed E-state index contributed by atoms with van der Waals surface area (Å²) >= 11 is 6.03. The summed E-state index contributed by atoms with van der Waals surface area (Å²) in [6.07, 6.45) is 3.25. The normalized spacial score (nSPS) is 31.1. The zero-order valence-electron chi connectivity index (χ0n) is 8.31. The summed E-state index contributed by atoms with van der Waals surface area (Å²) in [5.74, 6) is 0. The first kappa shape index (κ1) is 10.5. The van der Waals surface area contributed by atoms with E-state index in [9.17, 15) is 9.90 Å². The van der Waals surface area contributed by atoms with Crippen molar-refractivity contribution in [2.75, 3.05) is 7.05 Å². The molecule has 4 nitrogen and oxygen atoms in total. The molecule has 1 amide bonds. The van der Waals surface area contributed by atoms with Crippen molar-refractivity contribution in [3.8, 4) is 0 Å². The summed E-state index contributed by atoms with van der Waals surface area (Å²) in [6, 6.07) is 0. The minimum absolute atomic E-state index is 0.525. The van der Waals surface area contributed by atoms with Crippen LogP contribution in [0.1, 0.15) is 12.8 Å². The number of allylic oxidation sites excluding steroid dienone is 2. The van der Waals surface area contributed by atoms with Gasteiger partial charge in [0, 0.05) is 17.7 Å². The molecule has 0 aromatic heterocycles. The Bertz CT molecular complexity index is 351. The number of aliphatic hydroxyl groups excluding tert-OH is 1. The van der Waals surface area contributed by atoms with Crippen molar-refractivity contribution in [1.82, 2.24) is 4.90 Å². The monoisotopic (exact) mass is 229 g/mol. The molecule has 0 aromatic rings. The number of ether oxygens (including phenoxy) is 1. The van der Waals surface area contributed by atoms with Crippen LogP contribution in [0.25, 0.3) is 0 Å². The van der Waals surface area contributed by atoms with Gasteiger partial charge in [-0.3, -0.25) is 4.90 Å². The molecular formula is C10H12ClNO3. The van der Waals surface area contributed by atoms with Crippen molar-refractivity contribution in [3.05, 3.63) is 22.8 Å². The highest BCUT2D eigenvalue weighted by Gasteiger charge is 2.40. The van der Waals surface area contributed by atoms with E-state index < -0.39 is 18.4 Å². The number of rotatable bonds is 1. The third kappa shape index (κ3) is 1.75. The summed E-state index contributed by atoms with van der Waals surface area (Å²) in [7, 11) is 1.49. The lowest BCUT2D eigenvalue weighted by Gasteiger charge is -2.19. The van der Waals surface area contributed by atoms with Gasteiger partial charge in [-0.25, -0.2) is 4.79 Å². The number of hydrogen-bond donors (Lipinski definition) is 1. The molecule has 0 bridgehead atoms. The van der Waals surface area contributed by atoms with E-state index in [4.69, 9.17) is 16.3 Å². The Labute approximate surface area is 92.8 Å². The second-order valence-electron chi connectivity index (χ2n) is 3.63. The zero-order valence-corrected chi connectivity index (χ0v) is 9.07. The molecule has 15 heavy (non-hydrogen) atoms. The smallest absolute Gasteiger partial charge is 0.412 e. The van der Waals surface area contributed by atoms with E-state index in [0.717, 1.165) is 17.7 Å². The van der Waals surface area contributed by atoms with Crippen molar-refractivity contribution in [1.29, 1.82) is 0 Å². The lowest BCUT2D eigenvalue weighted by Crippen LogP contribution is -2.34. The fourth-order valence-corrected chi connectivity index (χ4v) is 1.97. The van der Waals surface area contributed by atoms with Crippen LogP contribution in [0.2, 0.25) is 0 Å². The van der Waals surface area contributed by atoms with Crippen LogP contribution in [0.15, 0.2) is 22.8 Å². The molecule has 1 saturated heterocycles. The van der Waals surface area contributed by atoms with E-state index in [-0.39, 0.29) is 0 Å². The topological polar surface area (TPSA) is 49.8 Å². The first-order chi connectivity index (χ1) is 7.11. The summed E-state index contributed by atoms with van der Waals surface area (Å²) < 4.78 is 5.04. The maximum Gasteiger partial charge on any atom is 0.412 e. The van der Waals surface area contributed by atoms with Gasteiger partial charge in [-0.15, -0.1) is 0 Å². The Kier molecular flexibility index (Phi) is 2.71. The largest absolute Gasteiger partial charge is 0.436 e. The number of carbonyl (C=O) groups is 1. The highest BCUT2D eigenvalue weighted by Crippen LogP contribution is 2.31. The SMILES string of the molecule is CN1C(=O)OC(C2=C(Cl)CCC=C2)C1O. The van der Waals surface area contributed by atoms with Crippen LogP contribution >= 0.6 is 11.6 Å². The number of hydrogen-bond acceptors (Lipinski definition) is 3. The average Bonchev–Trinajstić information content (AvgIpc) is 2.47. The molecule has 2 unspecified atom stereocenters. The zero-order chi connectivity index (χ0) is 11.0. The first-order valence-electron chi connectivity index (χ1n) is 4.78. The number of cyclic esters (lactones) is 1. The van der Waals surface area contributed by atoms with Gasteiger partial charge in [-0.1, -0.05) is 23.8 Å². The molecule has 5 heteroatoms. The molecule has 82 valence electrons. The Balaban J connectivity index is 2.25. The van der Waals surface area contributed by atoms with Crippen molar-refractivity contribution in [3.63, 3.8) is 0 Å². The van der Waals surface area contributed by atoms with Crippen LogP contribution in [0.3, 0.4) is 0 Å². The van der Waals surface area contributed by atoms with Gasteiger partial charge in [0.15, 0.2) is 12.3 Å². The predicted octanol–water partition coefficient (Wildman–Crippen LogP) is 1.60. The van der Waals surface area contributed by atoms with E-state index in [2.05, 4.69) is 0 Å². The van der Waals surface area contributed by atoms with E-state index >= 15 is 0 Å². The molecule has 1 N–H and O–H groups in total. The van der Waals surface area contributed by atoms with Gasteiger partial charge in [0.05, 0.1) is 0 Å². The lowest BCUT2D eigenvalue weighted by molar-refractivity contribution is 0.0410. The fourth-order valence-electron chi connectivity index (χ4n) is 1.69. The summed E-state index contributed by atoms with van der Waals surface area (Å²) in [5, 5.41) is 10.4. The number of amides is 1. The minimum Gasteiger partial charge on any atom is -0.436 e. The quantitative estimate of drug-likeness (QED) is 0.743. The number of halogens is 1. The van der Waals surface area contributed by atoms with Gasteiger partial charge >= 0.3 is 6.09 Å². The molecule has 2 rings (SSSR count). The van der Waals surface area contributed by atoms with Gasteiger partial charge in [0.2, 0.25) is 0 Å². The second-order valence-corrected chi connectivity index (χ2v) is 4.09. The summed E-state index contributed by atoms with van der Waals surface area (Å²) in [5.41, 5.74) is 0.702. The molecule has 2 aliphatic rings. The van der Waals surface area contributed by atoms with Crippen molar-refractivity contribution >= 4 is 17.7 Å². The van der Waals surface area contributed by atoms with Gasteiger partial charge in [0.25, 0.3) is 0 Å². The van der Waals surface area contributed by atoms with Crippen LogP contribution in [0, 0.1) is 0 Å². The molecular weight excluding hydrogens is 218 g/mol. The van der Waals surface area contributed by atoms with Gasteiger partial charge in [0.1, 0.15) is 0 Å². The Morgan fingerprint density at radius 3 is 2.93 bits per heavy atom. The van der Waals surface area contributed by atoms with E-state index in [1.54, 1.807) is 0 Å². The highest BCUT2D eigenvalue weighted by atomic mass is 35.5. The van der Waals surface area contributed by atoms with Crippen LogP contribution < -0.4 is 0 Å². The fraction of sp³-hybridized carbons (Fsp3) is 0.500. The molecule has 1 fully saturated rings. The molecule has 0 aromatic carbocycles. The summed E-state index contributed by atoms with van der Waals surface area (Å²) in [6.45, 7) is 0. The van der Waals surface area contributed by atoms with Crippen molar-refractivity contribution < 1.29 is 14.6 Å². The van der Waals surface area contributed by atoms with Gasteiger partial charge < -0.3 is 9.84 Å². The van der Waals surface area contributed by atoms with Crippen molar-refractivity contribution in [2.24, 2.45) is 0 Å². The Morgan fingerprint density at radius 1 is 1.67 bits per heavy atom. The lowest BCUT2D eigenvalue weighted by atomic mass is 10.0. The Morgan fingerprint density at radius 2 is 2.40 bits per heavy atom. The van der Waals surface area contributed by atoms with Crippen LogP contribution in [-0.4, -0.2) is 35.5 Å². The van der Waals surface area contributed by atoms with E-state index in [0.29, 0.717) is 10.6 Å². The maximum atomic E-state index is 11.2. The second kappa shape index (κ2) is 3.87. The van der Waals surface area contributed by atoms with Crippen LogP contribution in [-0.2, 0) is 4.74 Å². The standard InChI is InChI=1S/C10H12ClNO3/c1-12-9(13)8(15-10(12)14)6-4-2-3-5-7(6)11/h2,4,8-9,13H,3,5H2,1H3. The van der Waals surface area contributed by atoms with Crippen molar-refractivity contribution in [2.45, 2.75) is 25.2 Å². The minimum atomic E-state index is -0.955. The molecule has 0 radical (unpaired) electrons. The third-order valence-electron chi connectivity index (χ3n) is 2.63. The third-order valence-corrected chi connectivity index (χ3v) is 3.04. The van der Waals surface area contributed by atoms with Gasteiger partial charge in [-0.05, 0) is 12.8 Å². The number of aliphatic hydroxyl groups is 1. The first-order valence-corrected chi connectivity index (χ1v) is 5.15. The van der Waals surface area contributed by atoms with Gasteiger partial charge in [-0.2, -0.15) is 0 Å². The number of nitrogens with zero attached hydrogens (tertiary/aromatic N) is 1. The molecule has 1 aliphatic carbocycles. The highest BCUT2D eigenvalue weighted by molar-refractivity contribution is 6.30. The van der Waals surface area contributed by atoms with Crippen LogP contribution in [0.5, 0.6) is 0 Å². The van der Waals surface area contributed by atoms with Crippen LogP contribution in [0.4, 0.5) is 4.79 Å². The van der Waals surface area contributed by atoms with E-state index in [1.165, 1.54) is 7.05 Å². The number of likely N-dealkylation sites (N-methyl/N-ethyl adjacent to an activating group) is 1. The molecule has 0 spiro atoms.